The van der Waals surface area contributed by atoms with E-state index in [1.807, 2.05) is 18.2 Å². The van der Waals surface area contributed by atoms with Crippen LogP contribution in [0.5, 0.6) is 0 Å². The van der Waals surface area contributed by atoms with E-state index in [2.05, 4.69) is 20.8 Å². The molecule has 0 bridgehead atoms. The van der Waals surface area contributed by atoms with Crippen molar-refractivity contribution in [3.8, 4) is 0 Å². The van der Waals surface area contributed by atoms with Crippen LogP contribution >= 0.6 is 0 Å². The predicted octanol–water partition coefficient (Wildman–Crippen LogP) is 3.00. The van der Waals surface area contributed by atoms with Crippen molar-refractivity contribution < 1.29 is 27.4 Å². The molecule has 1 atom stereocenters. The van der Waals surface area contributed by atoms with Crippen molar-refractivity contribution >= 4 is 16.0 Å². The molecule has 1 spiro atoms. The van der Waals surface area contributed by atoms with E-state index in [0.29, 0.717) is 32.5 Å². The van der Waals surface area contributed by atoms with E-state index < -0.39 is 27.2 Å². The number of carbonyl (C=O) groups is 1. The number of carbonyl (C=O) groups excluding carboxylic acids is 1. The first-order chi connectivity index (χ1) is 14.5. The maximum absolute atomic E-state index is 13.4. The fraction of sp³-hybridized carbons (Fsp3) is 0.609. The molecule has 0 aromatic heterocycles. The van der Waals surface area contributed by atoms with Gasteiger partial charge < -0.3 is 14.2 Å². The smallest absolute Gasteiger partial charge is 0.317 e. The number of benzene rings is 1. The minimum absolute atomic E-state index is 0.0605. The summed E-state index contributed by atoms with van der Waals surface area (Å²) in [5.74, 6) is -1.11. The summed E-state index contributed by atoms with van der Waals surface area (Å²) in [4.78, 5) is 13.2. The summed E-state index contributed by atoms with van der Waals surface area (Å²) in [5.41, 5.74) is 0.837. The summed E-state index contributed by atoms with van der Waals surface area (Å²) in [6.07, 6.45) is 3.23. The molecule has 2 fully saturated rings. The highest BCUT2D eigenvalue weighted by Gasteiger charge is 2.56. The Balaban J connectivity index is 1.65. The molecule has 7 nitrogen and oxygen atoms in total. The molecule has 1 aliphatic carbocycles. The van der Waals surface area contributed by atoms with Gasteiger partial charge in [0.25, 0.3) is 0 Å². The lowest BCUT2D eigenvalue weighted by molar-refractivity contribution is -0.185. The van der Waals surface area contributed by atoms with Crippen LogP contribution in [0.3, 0.4) is 0 Å². The van der Waals surface area contributed by atoms with Crippen molar-refractivity contribution in [2.75, 3.05) is 33.4 Å². The topological polar surface area (TPSA) is 82.1 Å². The molecule has 2 heterocycles. The zero-order valence-corrected chi connectivity index (χ0v) is 19.5. The highest BCUT2D eigenvalue weighted by molar-refractivity contribution is 7.89. The second-order valence-electron chi connectivity index (χ2n) is 9.66. The van der Waals surface area contributed by atoms with Gasteiger partial charge in [0.05, 0.1) is 25.2 Å². The van der Waals surface area contributed by atoms with Crippen molar-refractivity contribution in [3.05, 3.63) is 41.5 Å². The number of hydrogen-bond donors (Lipinski definition) is 0. The van der Waals surface area contributed by atoms with Gasteiger partial charge in [0.1, 0.15) is 5.41 Å². The molecule has 2 aliphatic heterocycles. The molecule has 0 amide bonds. The SMILES string of the molecule is COC(=O)C12CCC3(CC1=CCN(S(=O)(=O)c1ccc(C(C)(C)C)cc1)C2)OCCO3. The maximum atomic E-state index is 13.4. The molecule has 0 radical (unpaired) electrons. The Morgan fingerprint density at radius 3 is 2.32 bits per heavy atom. The monoisotopic (exact) mass is 449 g/mol. The van der Waals surface area contributed by atoms with Crippen LogP contribution in [0.4, 0.5) is 0 Å². The van der Waals surface area contributed by atoms with E-state index in [9.17, 15) is 13.2 Å². The van der Waals surface area contributed by atoms with Crippen molar-refractivity contribution in [2.45, 2.75) is 56.1 Å². The largest absolute Gasteiger partial charge is 0.468 e. The van der Waals surface area contributed by atoms with Crippen molar-refractivity contribution in [1.82, 2.24) is 4.31 Å². The molecule has 0 N–H and O–H groups in total. The Morgan fingerprint density at radius 2 is 1.74 bits per heavy atom. The summed E-state index contributed by atoms with van der Waals surface area (Å²) >= 11 is 0. The van der Waals surface area contributed by atoms with E-state index in [1.165, 1.54) is 11.4 Å². The molecule has 1 aromatic rings. The zero-order valence-electron chi connectivity index (χ0n) is 18.6. The number of hydrogen-bond acceptors (Lipinski definition) is 6. The number of fused-ring (bicyclic) bond motifs is 1. The second-order valence-corrected chi connectivity index (χ2v) is 11.6. The van der Waals surface area contributed by atoms with Gasteiger partial charge >= 0.3 is 5.97 Å². The Labute approximate surface area is 184 Å². The number of esters is 1. The quantitative estimate of drug-likeness (QED) is 0.521. The van der Waals surface area contributed by atoms with Gasteiger partial charge in [-0.1, -0.05) is 39.0 Å². The molecule has 4 rings (SSSR count). The van der Waals surface area contributed by atoms with E-state index >= 15 is 0 Å². The van der Waals surface area contributed by atoms with Crippen LogP contribution in [0.1, 0.15) is 45.6 Å². The minimum Gasteiger partial charge on any atom is -0.468 e. The molecule has 1 saturated heterocycles. The standard InChI is InChI=1S/C23H31NO6S/c1-21(2,3)17-5-7-19(8-6-17)31(26,27)24-12-9-18-15-23(29-13-14-30-23)11-10-22(18,16-24)20(25)28-4/h5-9H,10-16H2,1-4H3. The Hall–Kier alpha value is -1.74. The normalized spacial score (nSPS) is 26.4. The molecule has 3 aliphatic rings. The van der Waals surface area contributed by atoms with Gasteiger partial charge in [-0.3, -0.25) is 4.79 Å². The van der Waals surface area contributed by atoms with Gasteiger partial charge in [0.2, 0.25) is 10.0 Å². The summed E-state index contributed by atoms with van der Waals surface area (Å²) in [5, 5.41) is 0. The fourth-order valence-corrected chi connectivity index (χ4v) is 6.27. The number of methoxy groups -OCH3 is 1. The van der Waals surface area contributed by atoms with Crippen molar-refractivity contribution in [3.63, 3.8) is 0 Å². The Kier molecular flexibility index (Phi) is 5.57. The van der Waals surface area contributed by atoms with Crippen molar-refractivity contribution in [2.24, 2.45) is 5.41 Å². The lowest BCUT2D eigenvalue weighted by Gasteiger charge is -2.47. The van der Waals surface area contributed by atoms with E-state index in [-0.39, 0.29) is 23.4 Å². The van der Waals surface area contributed by atoms with Crippen LogP contribution < -0.4 is 0 Å². The summed E-state index contributed by atoms with van der Waals surface area (Å²) in [6, 6.07) is 7.01. The molecule has 1 unspecified atom stereocenters. The van der Waals surface area contributed by atoms with E-state index in [4.69, 9.17) is 14.2 Å². The summed E-state index contributed by atoms with van der Waals surface area (Å²) in [6.45, 7) is 7.58. The molecule has 1 saturated carbocycles. The summed E-state index contributed by atoms with van der Waals surface area (Å²) in [7, 11) is -2.42. The molecule has 8 heteroatoms. The molecule has 170 valence electrons. The molecule has 31 heavy (non-hydrogen) atoms. The minimum atomic E-state index is -3.76. The van der Waals surface area contributed by atoms with Crippen LogP contribution in [0.2, 0.25) is 0 Å². The third kappa shape index (κ3) is 3.84. The average molecular weight is 450 g/mol. The number of sulfonamides is 1. The van der Waals surface area contributed by atoms with Crippen LogP contribution in [0.25, 0.3) is 0 Å². The number of nitrogens with zero attached hydrogens (tertiary/aromatic N) is 1. The van der Waals surface area contributed by atoms with Crippen molar-refractivity contribution in [1.29, 1.82) is 0 Å². The zero-order chi connectivity index (χ0) is 22.5. The predicted molar refractivity (Wildman–Crippen MR) is 115 cm³/mol. The van der Waals surface area contributed by atoms with E-state index in [1.54, 1.807) is 12.1 Å². The lowest BCUT2D eigenvalue weighted by atomic mass is 9.66. The maximum Gasteiger partial charge on any atom is 0.317 e. The molecule has 1 aromatic carbocycles. The first-order valence-electron chi connectivity index (χ1n) is 10.7. The first-order valence-corrected chi connectivity index (χ1v) is 12.1. The van der Waals surface area contributed by atoms with Gasteiger partial charge in [-0.05, 0) is 35.1 Å². The third-order valence-corrected chi connectivity index (χ3v) is 8.57. The van der Waals surface area contributed by atoms with Gasteiger partial charge in [0.15, 0.2) is 5.79 Å². The van der Waals surface area contributed by atoms with Gasteiger partial charge in [-0.2, -0.15) is 4.31 Å². The fourth-order valence-electron chi connectivity index (χ4n) is 4.83. The van der Waals surface area contributed by atoms with Crippen LogP contribution in [0.15, 0.2) is 40.8 Å². The number of ether oxygens (including phenoxy) is 3. The Bertz CT molecular complexity index is 986. The van der Waals surface area contributed by atoms with Crippen LogP contribution in [0, 0.1) is 5.41 Å². The Morgan fingerprint density at radius 1 is 1.10 bits per heavy atom. The third-order valence-electron chi connectivity index (χ3n) is 6.74. The van der Waals surface area contributed by atoms with E-state index in [0.717, 1.165) is 11.1 Å². The average Bonchev–Trinajstić information content (AvgIpc) is 3.20. The van der Waals surface area contributed by atoms with Gasteiger partial charge in [-0.15, -0.1) is 0 Å². The number of rotatable bonds is 3. The van der Waals surface area contributed by atoms with Gasteiger partial charge in [-0.25, -0.2) is 8.42 Å². The van der Waals surface area contributed by atoms with Crippen LogP contribution in [-0.4, -0.2) is 57.9 Å². The second kappa shape index (κ2) is 7.69. The van der Waals surface area contributed by atoms with Gasteiger partial charge in [0, 0.05) is 25.9 Å². The summed E-state index contributed by atoms with van der Waals surface area (Å²) < 4.78 is 45.0. The molecular formula is C23H31NO6S. The first kappa shape index (κ1) is 22.5. The molecular weight excluding hydrogens is 418 g/mol. The highest BCUT2D eigenvalue weighted by Crippen LogP contribution is 2.51. The lowest BCUT2D eigenvalue weighted by Crippen LogP contribution is -2.55. The van der Waals surface area contributed by atoms with Crippen LogP contribution in [-0.2, 0) is 34.4 Å². The highest BCUT2D eigenvalue weighted by atomic mass is 32.2.